The van der Waals surface area contributed by atoms with Crippen LogP contribution in [0.3, 0.4) is 0 Å². The topological polar surface area (TPSA) is 55.5 Å². The summed E-state index contributed by atoms with van der Waals surface area (Å²) in [6.07, 6.45) is 1.61. The molecule has 0 aliphatic heterocycles. The Morgan fingerprint density at radius 1 is 1.35 bits per heavy atom. The van der Waals surface area contributed by atoms with Crippen LogP contribution in [-0.2, 0) is 11.3 Å². The van der Waals surface area contributed by atoms with Crippen molar-refractivity contribution in [2.45, 2.75) is 38.3 Å². The molecule has 0 amide bonds. The maximum atomic E-state index is 9.18. The molecule has 3 heteroatoms. The third kappa shape index (κ3) is 3.80. The van der Waals surface area contributed by atoms with Crippen molar-refractivity contribution in [3.8, 4) is 0 Å². The van der Waals surface area contributed by atoms with E-state index in [9.17, 15) is 5.11 Å². The Morgan fingerprint density at radius 2 is 2.06 bits per heavy atom. The van der Waals surface area contributed by atoms with E-state index in [0.29, 0.717) is 13.0 Å². The van der Waals surface area contributed by atoms with Gasteiger partial charge in [-0.25, -0.2) is 0 Å². The lowest BCUT2D eigenvalue weighted by Gasteiger charge is -2.25. The minimum absolute atomic E-state index is 0.0835. The molecule has 0 heterocycles. The molecule has 2 unspecified atom stereocenters. The lowest BCUT2D eigenvalue weighted by atomic mass is 9.85. The van der Waals surface area contributed by atoms with Crippen molar-refractivity contribution in [3.63, 3.8) is 0 Å². The second-order valence-electron chi connectivity index (χ2n) is 4.32. The Bertz CT molecular complexity index is 328. The molecule has 2 atom stereocenters. The predicted octanol–water partition coefficient (Wildman–Crippen LogP) is 2.04. The zero-order valence-electron chi connectivity index (χ0n) is 10.7. The molecule has 0 aliphatic carbocycles. The number of aliphatic hydroxyl groups is 1. The first-order valence-corrected chi connectivity index (χ1v) is 6.17. The summed E-state index contributed by atoms with van der Waals surface area (Å²) in [4.78, 5) is 0. The molecule has 0 saturated carbocycles. The molecule has 0 fully saturated rings. The fraction of sp³-hybridized carbons (Fsp3) is 0.571. The van der Waals surface area contributed by atoms with E-state index in [0.717, 1.165) is 12.0 Å². The van der Waals surface area contributed by atoms with Crippen LogP contribution in [0.1, 0.15) is 36.8 Å². The van der Waals surface area contributed by atoms with Crippen LogP contribution in [0.4, 0.5) is 0 Å². The lowest BCUT2D eigenvalue weighted by molar-refractivity contribution is 0.183. The predicted molar refractivity (Wildman–Crippen MR) is 69.9 cm³/mol. The summed E-state index contributed by atoms with van der Waals surface area (Å²) < 4.78 is 5.21. The number of methoxy groups -OCH3 is 1. The van der Waals surface area contributed by atoms with Crippen LogP contribution in [0, 0.1) is 0 Å². The highest BCUT2D eigenvalue weighted by Gasteiger charge is 2.20. The summed E-state index contributed by atoms with van der Waals surface area (Å²) in [5.74, 6) is 0.205. The number of ether oxygens (including phenoxy) is 1. The maximum Gasteiger partial charge on any atom is 0.0715 e. The van der Waals surface area contributed by atoms with Gasteiger partial charge in [0.1, 0.15) is 0 Å². The van der Waals surface area contributed by atoms with Crippen molar-refractivity contribution in [1.29, 1.82) is 0 Å². The van der Waals surface area contributed by atoms with Crippen molar-refractivity contribution in [1.82, 2.24) is 0 Å². The van der Waals surface area contributed by atoms with Crippen LogP contribution in [0.25, 0.3) is 0 Å². The molecular weight excluding hydrogens is 214 g/mol. The van der Waals surface area contributed by atoms with Gasteiger partial charge in [-0.15, -0.1) is 0 Å². The fourth-order valence-electron chi connectivity index (χ4n) is 2.21. The van der Waals surface area contributed by atoms with Gasteiger partial charge in [0.25, 0.3) is 0 Å². The Balaban J connectivity index is 2.99. The third-order valence-corrected chi connectivity index (χ3v) is 3.18. The molecule has 0 bridgehead atoms. The molecule has 0 aliphatic rings. The van der Waals surface area contributed by atoms with E-state index in [2.05, 4.69) is 19.1 Å². The largest absolute Gasteiger partial charge is 0.396 e. The zero-order valence-corrected chi connectivity index (χ0v) is 10.7. The van der Waals surface area contributed by atoms with Gasteiger partial charge in [-0.3, -0.25) is 0 Å². The van der Waals surface area contributed by atoms with Crippen LogP contribution >= 0.6 is 0 Å². The molecule has 1 aromatic rings. The molecule has 0 aromatic heterocycles. The van der Waals surface area contributed by atoms with Gasteiger partial charge < -0.3 is 15.6 Å². The molecule has 3 nitrogen and oxygen atoms in total. The Labute approximate surface area is 104 Å². The van der Waals surface area contributed by atoms with Gasteiger partial charge in [0.15, 0.2) is 0 Å². The third-order valence-electron chi connectivity index (χ3n) is 3.18. The van der Waals surface area contributed by atoms with Gasteiger partial charge in [0, 0.05) is 25.7 Å². The van der Waals surface area contributed by atoms with Crippen molar-refractivity contribution < 1.29 is 9.84 Å². The highest BCUT2D eigenvalue weighted by molar-refractivity contribution is 5.31. The van der Waals surface area contributed by atoms with Gasteiger partial charge >= 0.3 is 0 Å². The Hall–Kier alpha value is -0.900. The first-order valence-electron chi connectivity index (χ1n) is 6.17. The summed E-state index contributed by atoms with van der Waals surface area (Å²) in [6.45, 7) is 2.84. The number of hydrogen-bond donors (Lipinski definition) is 2. The average molecular weight is 237 g/mol. The Kier molecular flexibility index (Phi) is 6.19. The van der Waals surface area contributed by atoms with E-state index in [1.165, 1.54) is 5.56 Å². The molecule has 0 saturated heterocycles. The van der Waals surface area contributed by atoms with Crippen molar-refractivity contribution >= 4 is 0 Å². The van der Waals surface area contributed by atoms with E-state index in [4.69, 9.17) is 10.5 Å². The van der Waals surface area contributed by atoms with E-state index in [1.54, 1.807) is 7.11 Å². The molecule has 0 spiro atoms. The van der Waals surface area contributed by atoms with Crippen LogP contribution < -0.4 is 5.73 Å². The van der Waals surface area contributed by atoms with Crippen LogP contribution in [0.5, 0.6) is 0 Å². The minimum Gasteiger partial charge on any atom is -0.396 e. The fourth-order valence-corrected chi connectivity index (χ4v) is 2.21. The molecule has 17 heavy (non-hydrogen) atoms. The highest BCUT2D eigenvalue weighted by Crippen LogP contribution is 2.27. The number of benzene rings is 1. The number of hydrogen-bond acceptors (Lipinski definition) is 3. The number of aliphatic hydroxyl groups excluding tert-OH is 1. The summed E-state index contributed by atoms with van der Waals surface area (Å²) in [5.41, 5.74) is 8.52. The molecule has 0 radical (unpaired) electrons. The average Bonchev–Trinajstić information content (AvgIpc) is 2.36. The van der Waals surface area contributed by atoms with E-state index in [-0.39, 0.29) is 18.6 Å². The van der Waals surface area contributed by atoms with Gasteiger partial charge in [-0.1, -0.05) is 31.2 Å². The summed E-state index contributed by atoms with van der Waals surface area (Å²) in [5, 5.41) is 9.18. The van der Waals surface area contributed by atoms with Gasteiger partial charge in [-0.2, -0.15) is 0 Å². The maximum absolute atomic E-state index is 9.18. The first-order chi connectivity index (χ1) is 8.24. The van der Waals surface area contributed by atoms with Crippen molar-refractivity contribution in [2.75, 3.05) is 13.7 Å². The summed E-state index contributed by atoms with van der Waals surface area (Å²) >= 11 is 0. The van der Waals surface area contributed by atoms with Crippen molar-refractivity contribution in [3.05, 3.63) is 35.4 Å². The number of rotatable bonds is 7. The first kappa shape index (κ1) is 14.2. The van der Waals surface area contributed by atoms with Crippen molar-refractivity contribution in [2.24, 2.45) is 5.73 Å². The van der Waals surface area contributed by atoms with Crippen LogP contribution in [0.15, 0.2) is 24.3 Å². The van der Waals surface area contributed by atoms with E-state index in [1.807, 2.05) is 12.1 Å². The molecule has 3 N–H and O–H groups in total. The zero-order chi connectivity index (χ0) is 12.7. The SMILES string of the molecule is CCC(N)C(CCO)c1ccccc1COC. The van der Waals surface area contributed by atoms with E-state index < -0.39 is 0 Å². The van der Waals surface area contributed by atoms with Gasteiger partial charge in [0.05, 0.1) is 6.61 Å². The molecular formula is C14H23NO2. The standard InChI is InChI=1S/C14H23NO2/c1-3-14(15)13(8-9-16)12-7-5-4-6-11(12)10-17-2/h4-7,13-14,16H,3,8-10,15H2,1-2H3. The highest BCUT2D eigenvalue weighted by atomic mass is 16.5. The lowest BCUT2D eigenvalue weighted by Crippen LogP contribution is -2.29. The summed E-state index contributed by atoms with van der Waals surface area (Å²) in [6, 6.07) is 8.25. The number of nitrogens with two attached hydrogens (primary N) is 1. The quantitative estimate of drug-likeness (QED) is 0.763. The van der Waals surface area contributed by atoms with E-state index >= 15 is 0 Å². The smallest absolute Gasteiger partial charge is 0.0715 e. The molecule has 96 valence electrons. The molecule has 1 aromatic carbocycles. The monoisotopic (exact) mass is 237 g/mol. The van der Waals surface area contributed by atoms with Gasteiger partial charge in [0.2, 0.25) is 0 Å². The molecule has 1 rings (SSSR count). The van der Waals surface area contributed by atoms with Crippen LogP contribution in [0.2, 0.25) is 0 Å². The Morgan fingerprint density at radius 3 is 2.65 bits per heavy atom. The van der Waals surface area contributed by atoms with Crippen LogP contribution in [-0.4, -0.2) is 24.9 Å². The second kappa shape index (κ2) is 7.43. The van der Waals surface area contributed by atoms with Gasteiger partial charge in [-0.05, 0) is 24.0 Å². The summed E-state index contributed by atoms with van der Waals surface area (Å²) in [7, 11) is 1.69. The second-order valence-corrected chi connectivity index (χ2v) is 4.32. The normalized spacial score (nSPS) is 14.6. The minimum atomic E-state index is 0.0835.